The van der Waals surface area contributed by atoms with Crippen LogP contribution in [0.25, 0.3) is 0 Å². The predicted octanol–water partition coefficient (Wildman–Crippen LogP) is 4.89. The minimum absolute atomic E-state index is 0.929. The summed E-state index contributed by atoms with van der Waals surface area (Å²) in [5, 5.41) is 1.67. The lowest BCUT2D eigenvalue weighted by Crippen LogP contribution is -2.52. The smallest absolute Gasteiger partial charge is 0.0971 e. The molecule has 1 aromatic carbocycles. The van der Waals surface area contributed by atoms with Crippen LogP contribution < -0.4 is 5.19 Å². The van der Waals surface area contributed by atoms with E-state index in [0.717, 1.165) is 12.5 Å². The third-order valence-corrected chi connectivity index (χ3v) is 12.9. The monoisotopic (exact) mass is 368 g/mol. The largest absolute Gasteiger partial charge is 0.385 e. The van der Waals surface area contributed by atoms with Crippen molar-refractivity contribution >= 4 is 29.2 Å². The fourth-order valence-corrected chi connectivity index (χ4v) is 10.4. The van der Waals surface area contributed by atoms with Gasteiger partial charge >= 0.3 is 0 Å². The van der Waals surface area contributed by atoms with E-state index in [1.807, 2.05) is 0 Å². The lowest BCUT2D eigenvalue weighted by atomic mass is 9.95. The van der Waals surface area contributed by atoms with Crippen LogP contribution >= 0.6 is 15.9 Å². The summed E-state index contributed by atoms with van der Waals surface area (Å²) in [6.07, 6.45) is 8.30. The highest BCUT2D eigenvalue weighted by Crippen LogP contribution is 2.35. The van der Waals surface area contributed by atoms with E-state index in [0.29, 0.717) is 0 Å². The second-order valence-electron chi connectivity index (χ2n) is 6.57. The van der Waals surface area contributed by atoms with Crippen LogP contribution in [0.3, 0.4) is 0 Å². The number of alkyl halides is 1. The maximum absolute atomic E-state index is 5.13. The standard InChI is InChI=1S/C18H29BrOSi/c1-20-13-7-3-4-8-17-11-14-21(16-19,15-12-17)18-9-5-2-6-10-18/h2,5-6,9-10,17H,3-4,7-8,11-16H2,1H3. The predicted molar refractivity (Wildman–Crippen MR) is 98.3 cm³/mol. The molecule has 1 saturated heterocycles. The molecule has 1 aliphatic heterocycles. The van der Waals surface area contributed by atoms with Gasteiger partial charge in [-0.1, -0.05) is 95.6 Å². The Hall–Kier alpha value is -0.123. The molecule has 0 bridgehead atoms. The van der Waals surface area contributed by atoms with Crippen LogP contribution in [0.4, 0.5) is 0 Å². The van der Waals surface area contributed by atoms with Crippen molar-refractivity contribution in [2.75, 3.05) is 18.7 Å². The van der Waals surface area contributed by atoms with Gasteiger partial charge in [0.15, 0.2) is 0 Å². The van der Waals surface area contributed by atoms with Crippen LogP contribution in [0.15, 0.2) is 30.3 Å². The second-order valence-corrected chi connectivity index (χ2v) is 12.7. The molecule has 1 fully saturated rings. The number of halogens is 1. The van der Waals surface area contributed by atoms with Gasteiger partial charge in [0, 0.05) is 18.7 Å². The first-order valence-electron chi connectivity index (χ1n) is 8.41. The first kappa shape index (κ1) is 17.2. The van der Waals surface area contributed by atoms with Crippen molar-refractivity contribution < 1.29 is 4.74 Å². The number of hydrogen-bond acceptors (Lipinski definition) is 1. The van der Waals surface area contributed by atoms with Gasteiger partial charge in [0.05, 0.1) is 8.07 Å². The molecule has 0 atom stereocenters. The van der Waals surface area contributed by atoms with Crippen molar-refractivity contribution in [2.45, 2.75) is 50.6 Å². The first-order chi connectivity index (χ1) is 10.3. The van der Waals surface area contributed by atoms with Crippen LogP contribution in [0.5, 0.6) is 0 Å². The molecular weight excluding hydrogens is 340 g/mol. The Labute approximate surface area is 139 Å². The van der Waals surface area contributed by atoms with Crippen molar-refractivity contribution in [1.29, 1.82) is 0 Å². The zero-order valence-corrected chi connectivity index (χ0v) is 15.9. The highest BCUT2D eigenvalue weighted by Gasteiger charge is 2.37. The van der Waals surface area contributed by atoms with Crippen LogP contribution in [0.2, 0.25) is 12.1 Å². The van der Waals surface area contributed by atoms with E-state index in [4.69, 9.17) is 4.74 Å². The molecule has 2 rings (SSSR count). The Morgan fingerprint density at radius 2 is 1.81 bits per heavy atom. The zero-order valence-electron chi connectivity index (χ0n) is 13.3. The summed E-state index contributed by atoms with van der Waals surface area (Å²) < 4.78 is 5.13. The Bertz CT molecular complexity index is 387. The van der Waals surface area contributed by atoms with E-state index in [1.165, 1.54) is 55.6 Å². The number of unbranched alkanes of at least 4 members (excludes halogenated alkanes) is 2. The van der Waals surface area contributed by atoms with Crippen molar-refractivity contribution in [1.82, 2.24) is 0 Å². The highest BCUT2D eigenvalue weighted by molar-refractivity contribution is 9.09. The minimum Gasteiger partial charge on any atom is -0.385 e. The van der Waals surface area contributed by atoms with Gasteiger partial charge in [0.1, 0.15) is 0 Å². The summed E-state index contributed by atoms with van der Waals surface area (Å²) in [5.41, 5.74) is 0. The molecule has 0 amide bonds. The average molecular weight is 369 g/mol. The maximum Gasteiger partial charge on any atom is 0.0971 e. The summed E-state index contributed by atoms with van der Waals surface area (Å²) >= 11 is 3.85. The molecule has 118 valence electrons. The van der Waals surface area contributed by atoms with Gasteiger partial charge in [-0.15, -0.1) is 0 Å². The molecule has 0 unspecified atom stereocenters. The summed E-state index contributed by atoms with van der Waals surface area (Å²) in [4.78, 5) is 1.24. The van der Waals surface area contributed by atoms with E-state index in [2.05, 4.69) is 46.3 Å². The lowest BCUT2D eigenvalue weighted by molar-refractivity contribution is 0.191. The third kappa shape index (κ3) is 4.94. The molecule has 1 aliphatic rings. The molecule has 1 nitrogen and oxygen atoms in total. The van der Waals surface area contributed by atoms with Crippen molar-refractivity contribution in [3.63, 3.8) is 0 Å². The summed E-state index contributed by atoms with van der Waals surface area (Å²) in [7, 11) is 0.563. The summed E-state index contributed by atoms with van der Waals surface area (Å²) in [6, 6.07) is 14.3. The van der Waals surface area contributed by atoms with Gasteiger partial charge in [-0.05, 0) is 12.3 Å². The molecule has 0 aliphatic carbocycles. The molecule has 0 spiro atoms. The summed E-state index contributed by atoms with van der Waals surface area (Å²) in [6.45, 7) is 0.929. The van der Waals surface area contributed by atoms with Crippen LogP contribution in [0.1, 0.15) is 38.5 Å². The van der Waals surface area contributed by atoms with Crippen LogP contribution in [0, 0.1) is 5.92 Å². The van der Waals surface area contributed by atoms with Gasteiger partial charge in [0.2, 0.25) is 0 Å². The van der Waals surface area contributed by atoms with Gasteiger partial charge in [-0.25, -0.2) is 0 Å². The van der Waals surface area contributed by atoms with E-state index < -0.39 is 8.07 Å². The molecule has 0 N–H and O–H groups in total. The van der Waals surface area contributed by atoms with Crippen LogP contribution in [-0.4, -0.2) is 26.7 Å². The Morgan fingerprint density at radius 3 is 2.43 bits per heavy atom. The molecule has 1 aromatic rings. The van der Waals surface area contributed by atoms with Crippen LogP contribution in [-0.2, 0) is 4.74 Å². The van der Waals surface area contributed by atoms with Gasteiger partial charge in [0.25, 0.3) is 0 Å². The SMILES string of the molecule is COCCCCCC1CC[Si](CBr)(c2ccccc2)CC1. The second kappa shape index (κ2) is 9.11. The molecule has 21 heavy (non-hydrogen) atoms. The summed E-state index contributed by atoms with van der Waals surface area (Å²) in [5.74, 6) is 0.982. The molecule has 1 heterocycles. The average Bonchev–Trinajstić information content (AvgIpc) is 2.56. The van der Waals surface area contributed by atoms with Crippen molar-refractivity contribution in [2.24, 2.45) is 5.92 Å². The Balaban J connectivity index is 1.78. The van der Waals surface area contributed by atoms with Crippen molar-refractivity contribution in [3.8, 4) is 0 Å². The molecule has 0 aromatic heterocycles. The van der Waals surface area contributed by atoms with Gasteiger partial charge in [-0.2, -0.15) is 0 Å². The molecule has 0 radical (unpaired) electrons. The normalized spacial score (nSPS) is 25.9. The molecule has 3 heteroatoms. The molecule has 0 saturated carbocycles. The quantitative estimate of drug-likeness (QED) is 0.360. The Morgan fingerprint density at radius 1 is 1.10 bits per heavy atom. The van der Waals surface area contributed by atoms with Gasteiger partial charge < -0.3 is 4.74 Å². The number of hydrogen-bond donors (Lipinski definition) is 0. The first-order valence-corrected chi connectivity index (χ1v) is 12.2. The number of ether oxygens (including phenoxy) is 1. The topological polar surface area (TPSA) is 9.23 Å². The number of methoxy groups -OCH3 is 1. The van der Waals surface area contributed by atoms with E-state index in [9.17, 15) is 0 Å². The van der Waals surface area contributed by atoms with E-state index in [1.54, 1.807) is 12.3 Å². The highest BCUT2D eigenvalue weighted by atomic mass is 79.9. The van der Waals surface area contributed by atoms with E-state index in [-0.39, 0.29) is 0 Å². The minimum atomic E-state index is -1.24. The van der Waals surface area contributed by atoms with E-state index >= 15 is 0 Å². The Kier molecular flexibility index (Phi) is 7.48. The van der Waals surface area contributed by atoms with Gasteiger partial charge in [-0.3, -0.25) is 0 Å². The fraction of sp³-hybridized carbons (Fsp3) is 0.667. The number of benzene rings is 1. The third-order valence-electron chi connectivity index (χ3n) is 5.17. The molecular formula is C18H29BrOSi. The fourth-order valence-electron chi connectivity index (χ4n) is 3.67. The van der Waals surface area contributed by atoms with Crippen molar-refractivity contribution in [3.05, 3.63) is 30.3 Å². The maximum atomic E-state index is 5.13. The zero-order chi connectivity index (χ0) is 15.0. The number of rotatable bonds is 8. The lowest BCUT2D eigenvalue weighted by Gasteiger charge is -2.38.